The standard InChI is InChI=1S/C13H21NO/c1-10(11-8-9-11)14(2)13(15)12-6-4-3-5-7-12/h3-4,10-12H,5-9H2,1-2H3/t10-,12+/m0/s1. The van der Waals surface area contributed by atoms with E-state index in [-0.39, 0.29) is 5.92 Å². The molecular weight excluding hydrogens is 186 g/mol. The van der Waals surface area contributed by atoms with Gasteiger partial charge in [-0.1, -0.05) is 12.2 Å². The van der Waals surface area contributed by atoms with E-state index in [0.29, 0.717) is 11.9 Å². The molecule has 0 N–H and O–H groups in total. The molecule has 0 aromatic rings. The summed E-state index contributed by atoms with van der Waals surface area (Å²) in [5, 5.41) is 0. The van der Waals surface area contributed by atoms with Crippen LogP contribution in [0.5, 0.6) is 0 Å². The summed E-state index contributed by atoms with van der Waals surface area (Å²) in [7, 11) is 1.98. The summed E-state index contributed by atoms with van der Waals surface area (Å²) in [6.45, 7) is 2.19. The van der Waals surface area contributed by atoms with Gasteiger partial charge in [0.05, 0.1) is 0 Å². The Bertz CT molecular complexity index is 268. The van der Waals surface area contributed by atoms with Crippen molar-refractivity contribution in [2.24, 2.45) is 11.8 Å². The first-order valence-corrected chi connectivity index (χ1v) is 6.12. The van der Waals surface area contributed by atoms with Gasteiger partial charge in [-0.2, -0.15) is 0 Å². The molecule has 0 saturated heterocycles. The molecule has 0 aliphatic heterocycles. The molecule has 1 amide bonds. The molecule has 2 nitrogen and oxygen atoms in total. The van der Waals surface area contributed by atoms with Crippen molar-refractivity contribution in [2.75, 3.05) is 7.05 Å². The van der Waals surface area contributed by atoms with E-state index in [1.54, 1.807) is 0 Å². The van der Waals surface area contributed by atoms with E-state index in [1.165, 1.54) is 12.8 Å². The lowest BCUT2D eigenvalue weighted by Crippen LogP contribution is -2.40. The number of amides is 1. The predicted molar refractivity (Wildman–Crippen MR) is 61.4 cm³/mol. The molecule has 0 unspecified atom stereocenters. The van der Waals surface area contributed by atoms with Crippen molar-refractivity contribution in [1.29, 1.82) is 0 Å². The molecule has 1 fully saturated rings. The Labute approximate surface area is 92.3 Å². The Balaban J connectivity index is 1.90. The van der Waals surface area contributed by atoms with E-state index in [2.05, 4.69) is 19.1 Å². The van der Waals surface area contributed by atoms with E-state index < -0.39 is 0 Å². The van der Waals surface area contributed by atoms with Gasteiger partial charge < -0.3 is 4.90 Å². The van der Waals surface area contributed by atoms with Gasteiger partial charge in [0.2, 0.25) is 5.91 Å². The van der Waals surface area contributed by atoms with E-state index >= 15 is 0 Å². The minimum absolute atomic E-state index is 0.251. The fourth-order valence-corrected chi connectivity index (χ4v) is 2.40. The van der Waals surface area contributed by atoms with Crippen LogP contribution in [0.3, 0.4) is 0 Å². The van der Waals surface area contributed by atoms with Gasteiger partial charge in [-0.25, -0.2) is 0 Å². The first-order valence-electron chi connectivity index (χ1n) is 6.12. The van der Waals surface area contributed by atoms with Gasteiger partial charge in [-0.15, -0.1) is 0 Å². The van der Waals surface area contributed by atoms with Gasteiger partial charge >= 0.3 is 0 Å². The van der Waals surface area contributed by atoms with Crippen molar-refractivity contribution >= 4 is 5.91 Å². The minimum atomic E-state index is 0.251. The zero-order valence-electron chi connectivity index (χ0n) is 9.78. The number of allylic oxidation sites excluding steroid dienone is 2. The molecular formula is C13H21NO. The smallest absolute Gasteiger partial charge is 0.225 e. The number of nitrogens with zero attached hydrogens (tertiary/aromatic N) is 1. The molecule has 15 heavy (non-hydrogen) atoms. The summed E-state index contributed by atoms with van der Waals surface area (Å²) in [6, 6.07) is 0.448. The van der Waals surface area contributed by atoms with Crippen LogP contribution in [0.2, 0.25) is 0 Å². The molecule has 2 atom stereocenters. The Morgan fingerprint density at radius 1 is 1.33 bits per heavy atom. The average molecular weight is 207 g/mol. The van der Waals surface area contributed by atoms with Gasteiger partial charge in [-0.3, -0.25) is 4.79 Å². The summed E-state index contributed by atoms with van der Waals surface area (Å²) in [5.41, 5.74) is 0. The second-order valence-corrected chi connectivity index (χ2v) is 5.01. The lowest BCUT2D eigenvalue weighted by molar-refractivity contribution is -0.136. The molecule has 0 heterocycles. The van der Waals surface area contributed by atoms with E-state index in [1.807, 2.05) is 11.9 Å². The zero-order chi connectivity index (χ0) is 10.8. The molecule has 0 bridgehead atoms. The number of hydrogen-bond donors (Lipinski definition) is 0. The Morgan fingerprint density at radius 2 is 2.07 bits per heavy atom. The summed E-state index contributed by atoms with van der Waals surface area (Å²) < 4.78 is 0. The Hall–Kier alpha value is -0.790. The highest BCUT2D eigenvalue weighted by Crippen LogP contribution is 2.35. The SMILES string of the molecule is C[C@@H](C1CC1)N(C)C(=O)[C@@H]1CC=CCC1. The number of rotatable bonds is 3. The van der Waals surface area contributed by atoms with Crippen molar-refractivity contribution in [3.05, 3.63) is 12.2 Å². The van der Waals surface area contributed by atoms with Gasteiger partial charge in [-0.05, 0) is 44.9 Å². The second kappa shape index (κ2) is 4.38. The van der Waals surface area contributed by atoms with Crippen LogP contribution >= 0.6 is 0 Å². The molecule has 1 saturated carbocycles. The quantitative estimate of drug-likeness (QED) is 0.651. The Kier molecular flexibility index (Phi) is 3.13. The molecule has 2 aliphatic carbocycles. The van der Waals surface area contributed by atoms with Crippen molar-refractivity contribution in [3.63, 3.8) is 0 Å². The molecule has 2 heteroatoms. The summed E-state index contributed by atoms with van der Waals surface area (Å²) >= 11 is 0. The van der Waals surface area contributed by atoms with Gasteiger partial charge in [0.1, 0.15) is 0 Å². The molecule has 0 spiro atoms. The summed E-state index contributed by atoms with van der Waals surface area (Å²) in [6.07, 6.45) is 10.0. The number of hydrogen-bond acceptors (Lipinski definition) is 1. The van der Waals surface area contributed by atoms with Gasteiger partial charge in [0.15, 0.2) is 0 Å². The second-order valence-electron chi connectivity index (χ2n) is 5.01. The third kappa shape index (κ3) is 2.42. The van der Waals surface area contributed by atoms with Crippen LogP contribution in [-0.4, -0.2) is 23.9 Å². The van der Waals surface area contributed by atoms with Crippen molar-refractivity contribution in [2.45, 2.75) is 45.1 Å². The summed E-state index contributed by atoms with van der Waals surface area (Å²) in [5.74, 6) is 1.39. The first-order chi connectivity index (χ1) is 7.20. The lowest BCUT2D eigenvalue weighted by atomic mass is 9.92. The van der Waals surface area contributed by atoms with Crippen molar-refractivity contribution in [1.82, 2.24) is 4.90 Å². The molecule has 0 radical (unpaired) electrons. The van der Waals surface area contributed by atoms with E-state index in [4.69, 9.17) is 0 Å². The van der Waals surface area contributed by atoms with Crippen molar-refractivity contribution in [3.8, 4) is 0 Å². The number of carbonyl (C=O) groups excluding carboxylic acids is 1. The first kappa shape index (κ1) is 10.7. The highest BCUT2D eigenvalue weighted by atomic mass is 16.2. The van der Waals surface area contributed by atoms with Crippen LogP contribution in [-0.2, 0) is 4.79 Å². The molecule has 2 rings (SSSR count). The van der Waals surface area contributed by atoms with E-state index in [9.17, 15) is 4.79 Å². The third-order valence-electron chi connectivity index (χ3n) is 3.88. The van der Waals surface area contributed by atoms with Crippen LogP contribution in [0.25, 0.3) is 0 Å². The normalized spacial score (nSPS) is 27.5. The maximum atomic E-state index is 12.2. The maximum Gasteiger partial charge on any atom is 0.225 e. The zero-order valence-corrected chi connectivity index (χ0v) is 9.78. The Morgan fingerprint density at radius 3 is 2.60 bits per heavy atom. The highest BCUT2D eigenvalue weighted by molar-refractivity contribution is 5.79. The lowest BCUT2D eigenvalue weighted by Gasteiger charge is -2.29. The van der Waals surface area contributed by atoms with Crippen LogP contribution in [0.1, 0.15) is 39.0 Å². The van der Waals surface area contributed by atoms with Gasteiger partial charge in [0, 0.05) is 19.0 Å². The monoisotopic (exact) mass is 207 g/mol. The van der Waals surface area contributed by atoms with Crippen LogP contribution in [0, 0.1) is 11.8 Å². The van der Waals surface area contributed by atoms with Gasteiger partial charge in [0.25, 0.3) is 0 Å². The van der Waals surface area contributed by atoms with Crippen LogP contribution in [0.15, 0.2) is 12.2 Å². The fourth-order valence-electron chi connectivity index (χ4n) is 2.40. The minimum Gasteiger partial charge on any atom is -0.343 e. The molecule has 0 aromatic carbocycles. The molecule has 0 aromatic heterocycles. The summed E-state index contributed by atoms with van der Waals surface area (Å²) in [4.78, 5) is 14.2. The molecule has 2 aliphatic rings. The van der Waals surface area contributed by atoms with Crippen LogP contribution < -0.4 is 0 Å². The third-order valence-corrected chi connectivity index (χ3v) is 3.88. The van der Waals surface area contributed by atoms with E-state index in [0.717, 1.165) is 25.2 Å². The highest BCUT2D eigenvalue weighted by Gasteiger charge is 2.34. The van der Waals surface area contributed by atoms with Crippen LogP contribution in [0.4, 0.5) is 0 Å². The average Bonchev–Trinajstić information content (AvgIpc) is 3.11. The number of carbonyl (C=O) groups is 1. The molecule has 84 valence electrons. The van der Waals surface area contributed by atoms with Crippen molar-refractivity contribution < 1.29 is 4.79 Å². The fraction of sp³-hybridized carbons (Fsp3) is 0.769. The maximum absolute atomic E-state index is 12.2. The largest absolute Gasteiger partial charge is 0.343 e. The predicted octanol–water partition coefficient (Wildman–Crippen LogP) is 2.60. The topological polar surface area (TPSA) is 20.3 Å².